The molecule has 0 bridgehead atoms. The quantitative estimate of drug-likeness (QED) is 0.410. The van der Waals surface area contributed by atoms with E-state index in [0.717, 1.165) is 19.3 Å². The first-order valence-corrected chi connectivity index (χ1v) is 8.41. The third kappa shape index (κ3) is 9.94. The summed E-state index contributed by atoms with van der Waals surface area (Å²) < 4.78 is 0. The monoisotopic (exact) mass is 256 g/mol. The van der Waals surface area contributed by atoms with Gasteiger partial charge in [-0.2, -0.15) is 0 Å². The van der Waals surface area contributed by atoms with Gasteiger partial charge in [0.25, 0.3) is 0 Å². The van der Waals surface area contributed by atoms with Crippen LogP contribution in [0.1, 0.15) is 104 Å². The van der Waals surface area contributed by atoms with Gasteiger partial charge in [-0.15, -0.1) is 0 Å². The molecule has 0 fully saturated rings. The number of rotatable bonds is 13. The van der Waals surface area contributed by atoms with Crippen LogP contribution in [0.15, 0.2) is 0 Å². The van der Waals surface area contributed by atoms with Crippen LogP contribution >= 0.6 is 0 Å². The molecule has 110 valence electrons. The average molecular weight is 256 g/mol. The summed E-state index contributed by atoms with van der Waals surface area (Å²) >= 11 is 0. The molecule has 1 heteroatoms. The molecule has 0 heterocycles. The maximum absolute atomic E-state index is 10.8. The summed E-state index contributed by atoms with van der Waals surface area (Å²) in [4.78, 5) is 0. The third-order valence-corrected chi connectivity index (χ3v) is 3.99. The lowest BCUT2D eigenvalue weighted by Crippen LogP contribution is -2.28. The molecule has 0 aromatic carbocycles. The summed E-state index contributed by atoms with van der Waals surface area (Å²) in [6.45, 7) is 6.71. The van der Waals surface area contributed by atoms with Crippen LogP contribution in [0, 0.1) is 0 Å². The molecule has 0 radical (unpaired) electrons. The van der Waals surface area contributed by atoms with Gasteiger partial charge < -0.3 is 5.11 Å². The minimum atomic E-state index is -0.349. The van der Waals surface area contributed by atoms with Gasteiger partial charge in [0.05, 0.1) is 5.60 Å². The lowest BCUT2D eigenvalue weighted by molar-refractivity contribution is 0.00729. The Labute approximate surface area is 115 Å². The fourth-order valence-corrected chi connectivity index (χ4v) is 2.66. The number of hydrogen-bond donors (Lipinski definition) is 1. The second kappa shape index (κ2) is 12.0. The van der Waals surface area contributed by atoms with Crippen molar-refractivity contribution in [3.63, 3.8) is 0 Å². The molecular formula is C17H36O. The van der Waals surface area contributed by atoms with E-state index in [2.05, 4.69) is 20.8 Å². The molecule has 0 aromatic heterocycles. The average Bonchev–Trinajstić information content (AvgIpc) is 2.36. The van der Waals surface area contributed by atoms with E-state index in [9.17, 15) is 5.11 Å². The van der Waals surface area contributed by atoms with E-state index in [1.54, 1.807) is 0 Å². The first-order valence-electron chi connectivity index (χ1n) is 8.41. The Kier molecular flexibility index (Phi) is 12.0. The lowest BCUT2D eigenvalue weighted by Gasteiger charge is -2.28. The molecule has 18 heavy (non-hydrogen) atoms. The van der Waals surface area contributed by atoms with E-state index >= 15 is 0 Å². The molecule has 0 spiro atoms. The highest BCUT2D eigenvalue weighted by Crippen LogP contribution is 2.28. The molecule has 1 nitrogen and oxygen atoms in total. The molecule has 0 amide bonds. The molecule has 0 saturated heterocycles. The van der Waals surface area contributed by atoms with Crippen molar-refractivity contribution in [3.05, 3.63) is 0 Å². The van der Waals surface area contributed by atoms with Gasteiger partial charge in [0.1, 0.15) is 0 Å². The summed E-state index contributed by atoms with van der Waals surface area (Å²) in [6, 6.07) is 0. The Morgan fingerprint density at radius 3 is 1.28 bits per heavy atom. The largest absolute Gasteiger partial charge is 0.390 e. The molecule has 0 aliphatic carbocycles. The van der Waals surface area contributed by atoms with E-state index in [4.69, 9.17) is 0 Å². The van der Waals surface area contributed by atoms with Gasteiger partial charge >= 0.3 is 0 Å². The van der Waals surface area contributed by atoms with Crippen LogP contribution in [0.2, 0.25) is 0 Å². The highest BCUT2D eigenvalue weighted by molar-refractivity contribution is 4.78. The second-order valence-electron chi connectivity index (χ2n) is 5.95. The van der Waals surface area contributed by atoms with Gasteiger partial charge in [-0.3, -0.25) is 0 Å². The summed E-state index contributed by atoms with van der Waals surface area (Å²) in [5, 5.41) is 10.8. The Bertz CT molecular complexity index is 155. The molecule has 0 aromatic rings. The Balaban J connectivity index is 3.95. The van der Waals surface area contributed by atoms with Crippen LogP contribution in [0.3, 0.4) is 0 Å². The first kappa shape index (κ1) is 18.0. The highest BCUT2D eigenvalue weighted by atomic mass is 16.3. The second-order valence-corrected chi connectivity index (χ2v) is 5.95. The topological polar surface area (TPSA) is 20.2 Å². The predicted molar refractivity (Wildman–Crippen MR) is 82.0 cm³/mol. The van der Waals surface area contributed by atoms with Crippen LogP contribution in [0.4, 0.5) is 0 Å². The molecule has 1 N–H and O–H groups in total. The van der Waals surface area contributed by atoms with Crippen LogP contribution in [-0.2, 0) is 0 Å². The zero-order chi connectivity index (χ0) is 13.7. The van der Waals surface area contributed by atoms with Crippen molar-refractivity contribution in [1.29, 1.82) is 0 Å². The maximum Gasteiger partial charge on any atom is 0.0647 e. The fourth-order valence-electron chi connectivity index (χ4n) is 2.66. The van der Waals surface area contributed by atoms with Crippen LogP contribution < -0.4 is 0 Å². The first-order chi connectivity index (χ1) is 8.68. The van der Waals surface area contributed by atoms with E-state index < -0.39 is 0 Å². The Morgan fingerprint density at radius 2 is 0.889 bits per heavy atom. The molecular weight excluding hydrogens is 220 g/mol. The predicted octanol–water partition coefficient (Wildman–Crippen LogP) is 5.85. The normalized spacial score (nSPS) is 12.0. The van der Waals surface area contributed by atoms with Crippen molar-refractivity contribution in [2.75, 3.05) is 0 Å². The molecule has 0 saturated carbocycles. The summed E-state index contributed by atoms with van der Waals surface area (Å²) in [7, 11) is 0. The van der Waals surface area contributed by atoms with E-state index in [1.807, 2.05) is 0 Å². The number of unbranched alkanes of at least 4 members (excludes halogenated alkanes) is 7. The van der Waals surface area contributed by atoms with Crippen molar-refractivity contribution in [2.45, 2.75) is 110 Å². The summed E-state index contributed by atoms with van der Waals surface area (Å²) in [5.74, 6) is 0. The molecule has 0 unspecified atom stereocenters. The molecule has 0 aliphatic heterocycles. The fraction of sp³-hybridized carbons (Fsp3) is 1.00. The van der Waals surface area contributed by atoms with Gasteiger partial charge in [-0.1, -0.05) is 85.0 Å². The van der Waals surface area contributed by atoms with Gasteiger partial charge in [0.15, 0.2) is 0 Å². The van der Waals surface area contributed by atoms with Gasteiger partial charge in [-0.25, -0.2) is 0 Å². The highest BCUT2D eigenvalue weighted by Gasteiger charge is 2.24. The lowest BCUT2D eigenvalue weighted by atomic mass is 9.85. The van der Waals surface area contributed by atoms with Crippen molar-refractivity contribution in [3.8, 4) is 0 Å². The Hall–Kier alpha value is -0.0400. The van der Waals surface area contributed by atoms with E-state index in [1.165, 1.54) is 64.2 Å². The summed E-state index contributed by atoms with van der Waals surface area (Å²) in [5.41, 5.74) is -0.349. The van der Waals surface area contributed by atoms with Crippen LogP contribution in [0.25, 0.3) is 0 Å². The standard InChI is InChI=1S/C17H36O/c1-4-7-10-13-16-17(18,14-11-8-5-2)15-12-9-6-3/h18H,4-16H2,1-3H3. The molecule has 0 atom stereocenters. The number of aliphatic hydroxyl groups is 1. The van der Waals surface area contributed by atoms with Gasteiger partial charge in [0, 0.05) is 0 Å². The van der Waals surface area contributed by atoms with E-state index in [-0.39, 0.29) is 5.60 Å². The maximum atomic E-state index is 10.8. The SMILES string of the molecule is CCCCCCC(O)(CCCCC)CCCCC. The van der Waals surface area contributed by atoms with E-state index in [0.29, 0.717) is 0 Å². The Morgan fingerprint density at radius 1 is 0.556 bits per heavy atom. The van der Waals surface area contributed by atoms with Gasteiger partial charge in [-0.05, 0) is 19.3 Å². The zero-order valence-corrected chi connectivity index (χ0v) is 13.1. The minimum Gasteiger partial charge on any atom is -0.390 e. The molecule has 0 aliphatic rings. The van der Waals surface area contributed by atoms with Crippen molar-refractivity contribution in [1.82, 2.24) is 0 Å². The minimum absolute atomic E-state index is 0.349. The van der Waals surface area contributed by atoms with Crippen LogP contribution in [0.5, 0.6) is 0 Å². The van der Waals surface area contributed by atoms with Crippen molar-refractivity contribution >= 4 is 0 Å². The smallest absolute Gasteiger partial charge is 0.0647 e. The third-order valence-electron chi connectivity index (χ3n) is 3.99. The van der Waals surface area contributed by atoms with Gasteiger partial charge in [0.2, 0.25) is 0 Å². The van der Waals surface area contributed by atoms with Crippen molar-refractivity contribution in [2.24, 2.45) is 0 Å². The van der Waals surface area contributed by atoms with Crippen molar-refractivity contribution < 1.29 is 5.11 Å². The van der Waals surface area contributed by atoms with Crippen LogP contribution in [-0.4, -0.2) is 10.7 Å². The number of hydrogen-bond acceptors (Lipinski definition) is 1. The molecule has 0 rings (SSSR count). The summed E-state index contributed by atoms with van der Waals surface area (Å²) in [6.07, 6.45) is 15.6. The zero-order valence-electron chi connectivity index (χ0n) is 13.1.